The molecule has 0 fully saturated rings. The van der Waals surface area contributed by atoms with Crippen molar-refractivity contribution in [2.45, 2.75) is 12.1 Å². The molecule has 0 heterocycles. The molecule has 0 aliphatic rings. The van der Waals surface area contributed by atoms with E-state index in [4.69, 9.17) is 26.9 Å². The van der Waals surface area contributed by atoms with Crippen molar-refractivity contribution in [2.75, 3.05) is 32.8 Å². The van der Waals surface area contributed by atoms with E-state index in [9.17, 15) is 19.1 Å². The molecule has 0 aromatic heterocycles. The van der Waals surface area contributed by atoms with Crippen molar-refractivity contribution in [3.63, 3.8) is 0 Å². The average molecular weight is 381 g/mol. The van der Waals surface area contributed by atoms with Crippen LogP contribution in [-0.4, -0.2) is 69.5 Å². The molecule has 0 radical (unpaired) electrons. The van der Waals surface area contributed by atoms with Crippen LogP contribution in [0.4, 0.5) is 0 Å². The van der Waals surface area contributed by atoms with Gasteiger partial charge in [0.05, 0.1) is 18.9 Å². The van der Waals surface area contributed by atoms with E-state index in [1.165, 1.54) is 0 Å². The topological polar surface area (TPSA) is 191 Å². The van der Waals surface area contributed by atoms with E-state index in [0.717, 1.165) is 0 Å². The van der Waals surface area contributed by atoms with Crippen LogP contribution in [-0.2, 0) is 9.36 Å². The van der Waals surface area contributed by atoms with Crippen LogP contribution in [0.25, 0.3) is 0 Å². The normalized spacial score (nSPS) is 11.3. The smallest absolute Gasteiger partial charge is 0.333 e. The molecule has 10 nitrogen and oxygen atoms in total. The Labute approximate surface area is 146 Å². The van der Waals surface area contributed by atoms with Crippen molar-refractivity contribution >= 4 is 14.0 Å². The van der Waals surface area contributed by atoms with Gasteiger partial charge in [-0.3, -0.25) is 14.6 Å². The predicted octanol–water partition coefficient (Wildman–Crippen LogP) is -0.982. The molecule has 0 bridgehead atoms. The predicted molar refractivity (Wildman–Crippen MR) is 92.7 cm³/mol. The Morgan fingerprint density at radius 1 is 1.08 bits per heavy atom. The molecule has 0 aliphatic heterocycles. The highest BCUT2D eigenvalue weighted by Gasteiger charge is 2.30. The number of hydroxylamine groups is 2. The Morgan fingerprint density at radius 3 is 1.84 bits per heavy atom. The van der Waals surface area contributed by atoms with Crippen molar-refractivity contribution < 1.29 is 34.6 Å². The molecular weight excluding hydrogens is 353 g/mol. The van der Waals surface area contributed by atoms with Gasteiger partial charge in [-0.1, -0.05) is 30.3 Å². The molecular formula is C14H28N3O7P. The molecule has 0 aliphatic carbocycles. The molecule has 1 unspecified atom stereocenters. The van der Waals surface area contributed by atoms with Gasteiger partial charge in [-0.05, 0) is 12.0 Å². The summed E-state index contributed by atoms with van der Waals surface area (Å²) in [7, 11) is -4.32. The summed E-state index contributed by atoms with van der Waals surface area (Å²) in [6.07, 6.45) is 0.186. The lowest BCUT2D eigenvalue weighted by Gasteiger charge is -2.20. The van der Waals surface area contributed by atoms with E-state index in [-0.39, 0.29) is 32.6 Å². The number of amides is 1. The summed E-state index contributed by atoms with van der Waals surface area (Å²) in [4.78, 5) is 28.7. The minimum Gasteiger partial charge on any atom is -0.395 e. The van der Waals surface area contributed by atoms with Gasteiger partial charge in [0.15, 0.2) is 0 Å². The number of carbonyl (C=O) groups excluding carboxylic acids is 1. The first-order chi connectivity index (χ1) is 11.8. The van der Waals surface area contributed by atoms with Gasteiger partial charge in [-0.2, -0.15) is 0 Å². The van der Waals surface area contributed by atoms with Gasteiger partial charge >= 0.3 is 7.60 Å². The number of aliphatic hydroxyl groups is 2. The fraction of sp³-hybridized carbons (Fsp3) is 0.500. The lowest BCUT2D eigenvalue weighted by molar-refractivity contribution is -0.149. The van der Waals surface area contributed by atoms with E-state index in [2.05, 4.69) is 0 Å². The number of nitrogens with two attached hydrogens (primary N) is 2. The first kappa shape index (κ1) is 25.9. The van der Waals surface area contributed by atoms with Crippen LogP contribution < -0.4 is 11.5 Å². The van der Waals surface area contributed by atoms with Crippen molar-refractivity contribution in [2.24, 2.45) is 11.5 Å². The van der Waals surface area contributed by atoms with E-state index in [0.29, 0.717) is 23.7 Å². The van der Waals surface area contributed by atoms with Gasteiger partial charge in [0, 0.05) is 19.6 Å². The molecule has 1 rings (SSSR count). The van der Waals surface area contributed by atoms with E-state index >= 15 is 0 Å². The zero-order valence-corrected chi connectivity index (χ0v) is 14.8. The van der Waals surface area contributed by atoms with Crippen molar-refractivity contribution in [1.82, 2.24) is 5.06 Å². The molecule has 11 heteroatoms. The lowest BCUT2D eigenvalue weighted by Crippen LogP contribution is -2.20. The molecule has 0 saturated carbocycles. The number of hydrogen-bond acceptors (Lipinski definition) is 7. The summed E-state index contributed by atoms with van der Waals surface area (Å²) in [6, 6.07) is 8.30. The average Bonchev–Trinajstić information content (AvgIpc) is 2.61. The molecule has 1 aromatic carbocycles. The number of rotatable bonds is 8. The highest BCUT2D eigenvalue weighted by molar-refractivity contribution is 7.52. The monoisotopic (exact) mass is 381 g/mol. The van der Waals surface area contributed by atoms with Crippen molar-refractivity contribution in [1.29, 1.82) is 0 Å². The summed E-state index contributed by atoms with van der Waals surface area (Å²) in [5.74, 6) is 0. The van der Waals surface area contributed by atoms with Gasteiger partial charge < -0.3 is 31.5 Å². The maximum Gasteiger partial charge on any atom is 0.333 e. The molecule has 9 N–H and O–H groups in total. The second kappa shape index (κ2) is 16.1. The molecule has 146 valence electrons. The molecule has 0 spiro atoms. The van der Waals surface area contributed by atoms with Crippen molar-refractivity contribution in [3.8, 4) is 0 Å². The molecule has 0 saturated heterocycles. The maximum atomic E-state index is 11.3. The Morgan fingerprint density at radius 2 is 1.52 bits per heavy atom. The quantitative estimate of drug-likeness (QED) is 0.128. The highest BCUT2D eigenvalue weighted by atomic mass is 31.2. The SMILES string of the molecule is NCCO.NCCO.O=CN(O)CCC(c1ccccc1)P(=O)(O)O. The van der Waals surface area contributed by atoms with E-state index < -0.39 is 13.3 Å². The van der Waals surface area contributed by atoms with Crippen LogP contribution in [0.5, 0.6) is 0 Å². The van der Waals surface area contributed by atoms with E-state index in [1.54, 1.807) is 30.3 Å². The van der Waals surface area contributed by atoms with Crippen molar-refractivity contribution in [3.05, 3.63) is 35.9 Å². The first-order valence-corrected chi connectivity index (χ1v) is 9.09. The summed E-state index contributed by atoms with van der Waals surface area (Å²) in [5, 5.41) is 24.8. The summed E-state index contributed by atoms with van der Waals surface area (Å²) < 4.78 is 11.3. The number of hydrogen-bond donors (Lipinski definition) is 7. The van der Waals surface area contributed by atoms with Crippen LogP contribution >= 0.6 is 7.60 Å². The fourth-order valence-corrected chi connectivity index (χ4v) is 2.52. The molecule has 1 amide bonds. The Balaban J connectivity index is 0. The Hall–Kier alpha value is -1.36. The van der Waals surface area contributed by atoms with Gasteiger partial charge in [-0.25, -0.2) is 5.06 Å². The largest absolute Gasteiger partial charge is 0.395 e. The molecule has 1 atom stereocenters. The first-order valence-electron chi connectivity index (χ1n) is 7.41. The Kier molecular flexibility index (Phi) is 16.7. The number of nitrogens with zero attached hydrogens (tertiary/aromatic N) is 1. The standard InChI is InChI=1S/C10H14NO5P.2C2H7NO/c12-8-11(13)7-6-10(17(14,15)16)9-4-2-1-3-5-9;2*3-1-2-4/h1-5,8,10,13H,6-7H2,(H2,14,15,16);2*4H,1-3H2. The highest BCUT2D eigenvalue weighted by Crippen LogP contribution is 2.53. The zero-order chi connectivity index (χ0) is 19.7. The second-order valence-corrected chi connectivity index (χ2v) is 6.40. The number of aliphatic hydroxyl groups excluding tert-OH is 2. The van der Waals surface area contributed by atoms with Gasteiger partial charge in [0.1, 0.15) is 0 Å². The third-order valence-corrected chi connectivity index (χ3v) is 3.97. The third kappa shape index (κ3) is 14.7. The summed E-state index contributed by atoms with van der Waals surface area (Å²) in [6.45, 7) is 0.814. The van der Waals surface area contributed by atoms with Crippen LogP contribution in [0.15, 0.2) is 30.3 Å². The van der Waals surface area contributed by atoms with Crippen LogP contribution in [0, 0.1) is 0 Å². The maximum absolute atomic E-state index is 11.3. The fourth-order valence-electron chi connectivity index (χ4n) is 1.51. The lowest BCUT2D eigenvalue weighted by atomic mass is 10.1. The Bertz CT molecular complexity index is 465. The molecule has 1 aromatic rings. The van der Waals surface area contributed by atoms with Crippen LogP contribution in [0.1, 0.15) is 17.6 Å². The second-order valence-electron chi connectivity index (χ2n) is 4.60. The van der Waals surface area contributed by atoms with E-state index in [1.807, 2.05) is 0 Å². The van der Waals surface area contributed by atoms with Crippen LogP contribution in [0.3, 0.4) is 0 Å². The molecule has 25 heavy (non-hydrogen) atoms. The summed E-state index contributed by atoms with van der Waals surface area (Å²) >= 11 is 0. The number of benzene rings is 1. The minimum atomic E-state index is -4.32. The number of carbonyl (C=O) groups is 1. The van der Waals surface area contributed by atoms with Gasteiger partial charge in [0.25, 0.3) is 0 Å². The minimum absolute atomic E-state index is 0.0104. The van der Waals surface area contributed by atoms with Gasteiger partial charge in [0.2, 0.25) is 6.41 Å². The van der Waals surface area contributed by atoms with Crippen LogP contribution in [0.2, 0.25) is 0 Å². The zero-order valence-electron chi connectivity index (χ0n) is 13.9. The van der Waals surface area contributed by atoms with Gasteiger partial charge in [-0.15, -0.1) is 0 Å². The summed E-state index contributed by atoms with van der Waals surface area (Å²) in [5.41, 5.74) is 9.03. The third-order valence-electron chi connectivity index (χ3n) is 2.60.